The van der Waals surface area contributed by atoms with Crippen molar-refractivity contribution < 1.29 is 9.53 Å². The second-order valence-electron chi connectivity index (χ2n) is 4.59. The minimum atomic E-state index is 0.0269. The summed E-state index contributed by atoms with van der Waals surface area (Å²) in [7, 11) is 1.75. The quantitative estimate of drug-likeness (QED) is 0.407. The smallest absolute Gasteiger partial charge is 0.223 e. The lowest BCUT2D eigenvalue weighted by Gasteiger charge is -2.14. The normalized spacial score (nSPS) is 14.3. The highest BCUT2D eigenvalue weighted by Gasteiger charge is 2.01. The number of allylic oxidation sites excluding steroid dienone is 6. The maximum absolute atomic E-state index is 11.1. The number of carbonyl (C=O) groups is 1. The zero-order valence-corrected chi connectivity index (χ0v) is 14.1. The average Bonchev–Trinajstić information content (AvgIpc) is 2.52. The molecule has 3 nitrogen and oxygen atoms in total. The molecule has 0 heterocycles. The molecule has 0 radical (unpaired) electrons. The molecule has 0 aliphatic heterocycles. The maximum Gasteiger partial charge on any atom is 0.223 e. The Bertz CT molecular complexity index is 417. The van der Waals surface area contributed by atoms with Crippen LogP contribution in [0.25, 0.3) is 0 Å². The third-order valence-corrected chi connectivity index (χ3v) is 3.09. The standard InChI is InChI=1S/C16H23NO2.C2H6/c1-14(17(3)15(2)18)8-7-12-19-13-11-16-9-5-4-6-10-16;1-2/h5,7-10,12H,4,6,11,13H2,1-3H3;1-2H3/b12-7+,14-8-;. The van der Waals surface area contributed by atoms with E-state index < -0.39 is 0 Å². The van der Waals surface area contributed by atoms with Gasteiger partial charge in [0.05, 0.1) is 12.9 Å². The Kier molecular flexibility index (Phi) is 11.0. The van der Waals surface area contributed by atoms with Gasteiger partial charge in [0.1, 0.15) is 0 Å². The highest BCUT2D eigenvalue weighted by atomic mass is 16.5. The van der Waals surface area contributed by atoms with Gasteiger partial charge in [-0.3, -0.25) is 4.79 Å². The van der Waals surface area contributed by atoms with Crippen LogP contribution in [0, 0.1) is 0 Å². The van der Waals surface area contributed by atoms with Crippen molar-refractivity contribution in [1.82, 2.24) is 4.90 Å². The van der Waals surface area contributed by atoms with Crippen molar-refractivity contribution >= 4 is 5.91 Å². The largest absolute Gasteiger partial charge is 0.501 e. The molecule has 0 saturated heterocycles. The molecule has 0 bridgehead atoms. The van der Waals surface area contributed by atoms with E-state index in [9.17, 15) is 4.79 Å². The molecule has 1 rings (SSSR count). The van der Waals surface area contributed by atoms with E-state index in [-0.39, 0.29) is 5.91 Å². The maximum atomic E-state index is 11.1. The van der Waals surface area contributed by atoms with Gasteiger partial charge >= 0.3 is 0 Å². The molecule has 0 aromatic carbocycles. The molecule has 1 amide bonds. The van der Waals surface area contributed by atoms with E-state index in [1.165, 1.54) is 5.57 Å². The van der Waals surface area contributed by atoms with Crippen molar-refractivity contribution in [1.29, 1.82) is 0 Å². The van der Waals surface area contributed by atoms with Gasteiger partial charge in [0.2, 0.25) is 5.91 Å². The monoisotopic (exact) mass is 291 g/mol. The summed E-state index contributed by atoms with van der Waals surface area (Å²) < 4.78 is 5.42. The number of hydrogen-bond donors (Lipinski definition) is 0. The third kappa shape index (κ3) is 8.90. The molecule has 118 valence electrons. The van der Waals surface area contributed by atoms with E-state index in [0.29, 0.717) is 6.61 Å². The second-order valence-corrected chi connectivity index (χ2v) is 4.59. The molecule has 0 fully saturated rings. The lowest BCUT2D eigenvalue weighted by Crippen LogP contribution is -2.21. The van der Waals surface area contributed by atoms with E-state index in [4.69, 9.17) is 4.74 Å². The predicted molar refractivity (Wildman–Crippen MR) is 89.7 cm³/mol. The fourth-order valence-corrected chi connectivity index (χ4v) is 1.69. The van der Waals surface area contributed by atoms with E-state index >= 15 is 0 Å². The highest BCUT2D eigenvalue weighted by molar-refractivity contribution is 5.74. The minimum absolute atomic E-state index is 0.0269. The van der Waals surface area contributed by atoms with Crippen molar-refractivity contribution in [3.8, 4) is 0 Å². The molecule has 1 aliphatic carbocycles. The summed E-state index contributed by atoms with van der Waals surface area (Å²) in [4.78, 5) is 12.7. The van der Waals surface area contributed by atoms with Gasteiger partial charge in [0.15, 0.2) is 0 Å². The Balaban J connectivity index is 0.00000191. The van der Waals surface area contributed by atoms with Crippen LogP contribution in [0.3, 0.4) is 0 Å². The Morgan fingerprint density at radius 3 is 2.62 bits per heavy atom. The van der Waals surface area contributed by atoms with Crippen molar-refractivity contribution in [2.75, 3.05) is 13.7 Å². The first kappa shape index (κ1) is 19.2. The van der Waals surface area contributed by atoms with Gasteiger partial charge < -0.3 is 9.64 Å². The van der Waals surface area contributed by atoms with Gasteiger partial charge in [-0.2, -0.15) is 0 Å². The van der Waals surface area contributed by atoms with Crippen molar-refractivity contribution in [3.05, 3.63) is 47.9 Å². The van der Waals surface area contributed by atoms with Gasteiger partial charge in [-0.1, -0.05) is 32.1 Å². The van der Waals surface area contributed by atoms with Crippen LogP contribution < -0.4 is 0 Å². The number of carbonyl (C=O) groups excluding carboxylic acids is 1. The molecule has 0 atom stereocenters. The molecule has 1 aliphatic rings. The fraction of sp³-hybridized carbons (Fsp3) is 0.500. The van der Waals surface area contributed by atoms with Gasteiger partial charge in [-0.15, -0.1) is 0 Å². The van der Waals surface area contributed by atoms with Crippen LogP contribution in [-0.2, 0) is 9.53 Å². The Morgan fingerprint density at radius 2 is 2.05 bits per heavy atom. The van der Waals surface area contributed by atoms with Crippen LogP contribution >= 0.6 is 0 Å². The molecule has 0 aromatic rings. The SMILES string of the molecule is CC.CC(=O)N(C)/C(C)=C\C=C\OCCC1=CCCC=C1. The molecule has 0 aromatic heterocycles. The van der Waals surface area contributed by atoms with Gasteiger partial charge in [-0.25, -0.2) is 0 Å². The van der Waals surface area contributed by atoms with Crippen LogP contribution in [0.2, 0.25) is 0 Å². The molecule has 0 spiro atoms. The topological polar surface area (TPSA) is 29.5 Å². The van der Waals surface area contributed by atoms with Gasteiger partial charge in [0, 0.05) is 26.1 Å². The van der Waals surface area contributed by atoms with Crippen LogP contribution in [0.1, 0.15) is 47.0 Å². The van der Waals surface area contributed by atoms with Crippen LogP contribution in [0.15, 0.2) is 47.9 Å². The molecular formula is C18H29NO2. The minimum Gasteiger partial charge on any atom is -0.501 e. The van der Waals surface area contributed by atoms with E-state index in [2.05, 4.69) is 18.2 Å². The second kappa shape index (κ2) is 12.0. The van der Waals surface area contributed by atoms with Gasteiger partial charge in [-0.05, 0) is 37.5 Å². The molecule has 21 heavy (non-hydrogen) atoms. The summed E-state index contributed by atoms with van der Waals surface area (Å²) in [5, 5.41) is 0. The highest BCUT2D eigenvalue weighted by Crippen LogP contribution is 2.12. The number of rotatable bonds is 6. The molecule has 0 saturated carbocycles. The summed E-state index contributed by atoms with van der Waals surface area (Å²) in [5.41, 5.74) is 2.24. The van der Waals surface area contributed by atoms with E-state index in [0.717, 1.165) is 25.0 Å². The third-order valence-electron chi connectivity index (χ3n) is 3.09. The van der Waals surface area contributed by atoms with Gasteiger partial charge in [0.25, 0.3) is 0 Å². The molecule has 3 heteroatoms. The van der Waals surface area contributed by atoms with E-state index in [1.807, 2.05) is 32.9 Å². The molecular weight excluding hydrogens is 262 g/mol. The number of nitrogens with zero attached hydrogens (tertiary/aromatic N) is 1. The van der Waals surface area contributed by atoms with Crippen molar-refractivity contribution in [2.24, 2.45) is 0 Å². The Hall–Kier alpha value is -1.77. The van der Waals surface area contributed by atoms with Crippen LogP contribution in [-0.4, -0.2) is 24.5 Å². The summed E-state index contributed by atoms with van der Waals surface area (Å²) in [5.74, 6) is 0.0269. The fourth-order valence-electron chi connectivity index (χ4n) is 1.69. The zero-order chi connectivity index (χ0) is 16.1. The average molecular weight is 291 g/mol. The molecule has 0 N–H and O–H groups in total. The van der Waals surface area contributed by atoms with Crippen LogP contribution in [0.4, 0.5) is 0 Å². The first-order valence-electron chi connectivity index (χ1n) is 7.66. The summed E-state index contributed by atoms with van der Waals surface area (Å²) in [6, 6.07) is 0. The summed E-state index contributed by atoms with van der Waals surface area (Å²) >= 11 is 0. The first-order valence-corrected chi connectivity index (χ1v) is 7.66. The molecule has 0 unspecified atom stereocenters. The zero-order valence-electron chi connectivity index (χ0n) is 14.1. The number of ether oxygens (including phenoxy) is 1. The number of hydrogen-bond acceptors (Lipinski definition) is 2. The van der Waals surface area contributed by atoms with E-state index in [1.54, 1.807) is 25.1 Å². The Morgan fingerprint density at radius 1 is 1.33 bits per heavy atom. The lowest BCUT2D eigenvalue weighted by molar-refractivity contribution is -0.125. The van der Waals surface area contributed by atoms with Crippen LogP contribution in [0.5, 0.6) is 0 Å². The predicted octanol–water partition coefficient (Wildman–Crippen LogP) is 4.59. The first-order chi connectivity index (χ1) is 10.1. The number of amides is 1. The van der Waals surface area contributed by atoms with Crippen molar-refractivity contribution in [2.45, 2.75) is 47.0 Å². The van der Waals surface area contributed by atoms with Crippen molar-refractivity contribution in [3.63, 3.8) is 0 Å². The summed E-state index contributed by atoms with van der Waals surface area (Å²) in [6.07, 6.45) is 15.2. The Labute approximate surface area is 129 Å². The summed E-state index contributed by atoms with van der Waals surface area (Å²) in [6.45, 7) is 8.12. The lowest BCUT2D eigenvalue weighted by atomic mass is 10.1.